The van der Waals surface area contributed by atoms with Crippen LogP contribution in [0.5, 0.6) is 0 Å². The second-order valence-corrected chi connectivity index (χ2v) is 15.1. The number of esters is 1. The molecule has 0 radical (unpaired) electrons. The van der Waals surface area contributed by atoms with Gasteiger partial charge in [-0.1, -0.05) is 84.6 Å². The number of hydrogen-bond donors (Lipinski definition) is 2. The van der Waals surface area contributed by atoms with Gasteiger partial charge >= 0.3 is 5.97 Å². The van der Waals surface area contributed by atoms with Gasteiger partial charge in [0.25, 0.3) is 0 Å². The Morgan fingerprint density at radius 3 is 2.52 bits per heavy atom. The maximum absolute atomic E-state index is 14.9. The summed E-state index contributed by atoms with van der Waals surface area (Å²) in [5.74, 6) is -3.57. The van der Waals surface area contributed by atoms with Crippen LogP contribution in [0.1, 0.15) is 76.4 Å². The van der Waals surface area contributed by atoms with Crippen molar-refractivity contribution in [3.8, 4) is 0 Å². The molecule has 1 aromatic rings. The number of amides is 3. The molecule has 1 saturated carbocycles. The number of carbonyl (C=O) groups excluding carboxylic acids is 4. The molecule has 4 fully saturated rings. The first-order valence-corrected chi connectivity index (χ1v) is 18.9. The molecule has 9 atom stereocenters. The number of nitrogens with one attached hydrogen (secondary N) is 1. The van der Waals surface area contributed by atoms with Crippen molar-refractivity contribution in [3.63, 3.8) is 0 Å². The highest BCUT2D eigenvalue weighted by atomic mass is 79.9. The third-order valence-electron chi connectivity index (χ3n) is 10.9. The fourth-order valence-electron chi connectivity index (χ4n) is 8.66. The van der Waals surface area contributed by atoms with E-state index in [9.17, 15) is 24.3 Å². The van der Waals surface area contributed by atoms with E-state index in [0.29, 0.717) is 31.4 Å². The van der Waals surface area contributed by atoms with Crippen LogP contribution in [0.4, 0.5) is 0 Å². The number of fused-ring (bicyclic) bond motifs is 1. The van der Waals surface area contributed by atoms with E-state index in [1.165, 1.54) is 12.0 Å². The number of methoxy groups -OCH3 is 1. The Morgan fingerprint density at radius 2 is 1.90 bits per heavy atom. The maximum atomic E-state index is 14.9. The van der Waals surface area contributed by atoms with Gasteiger partial charge in [-0.05, 0) is 37.7 Å². The Hall–Kier alpha value is -3.06. The fourth-order valence-corrected chi connectivity index (χ4v) is 9.60. The standard InChI is InChI=1S/C38H52BrN3O8/c1-5-8-19-29(44)40-28(23-48-4)32(24-15-11-9-12-16-24)49-37(47)30-31-35(45)42(25(7-3)22-43)34(38(31)21-27(39)33(30)50-38)36(46)41(20-6-2)26-17-13-10-14-18-26/h5-6,9,11-12,15-16,25-28,30-34,43H,1-2,7-8,10,13-14,17-23H2,3-4H3,(H,40,44)/t25-,27?,28-,30+,31-,32-,33+,34+,38-/m0/s1. The van der Waals surface area contributed by atoms with E-state index in [1.54, 1.807) is 12.2 Å². The summed E-state index contributed by atoms with van der Waals surface area (Å²) < 4.78 is 18.6. The van der Waals surface area contributed by atoms with Crippen molar-refractivity contribution in [2.45, 2.75) is 112 Å². The summed E-state index contributed by atoms with van der Waals surface area (Å²) in [5, 5.41) is 13.5. The molecule has 3 saturated heterocycles. The van der Waals surface area contributed by atoms with E-state index < -0.39 is 59.6 Å². The van der Waals surface area contributed by atoms with Crippen LogP contribution in [0, 0.1) is 11.8 Å². The van der Waals surface area contributed by atoms with Crippen LogP contribution >= 0.6 is 15.9 Å². The van der Waals surface area contributed by atoms with Crippen LogP contribution in [0.15, 0.2) is 55.6 Å². The van der Waals surface area contributed by atoms with Crippen molar-refractivity contribution in [1.29, 1.82) is 0 Å². The topological polar surface area (TPSA) is 135 Å². The fraction of sp³-hybridized carbons (Fsp3) is 0.632. The van der Waals surface area contributed by atoms with Crippen LogP contribution in [0.3, 0.4) is 0 Å². The molecule has 12 heteroatoms. The highest BCUT2D eigenvalue weighted by Crippen LogP contribution is 2.61. The largest absolute Gasteiger partial charge is 0.455 e. The molecular weight excluding hydrogens is 706 g/mol. The minimum absolute atomic E-state index is 0.000950. The number of carbonyl (C=O) groups is 4. The monoisotopic (exact) mass is 757 g/mol. The van der Waals surface area contributed by atoms with E-state index in [1.807, 2.05) is 42.2 Å². The Bertz CT molecular complexity index is 1390. The van der Waals surface area contributed by atoms with Crippen molar-refractivity contribution in [2.75, 3.05) is 26.9 Å². The molecule has 50 heavy (non-hydrogen) atoms. The molecule has 2 N–H and O–H groups in total. The molecule has 2 bridgehead atoms. The quantitative estimate of drug-likeness (QED) is 0.137. The van der Waals surface area contributed by atoms with Crippen LogP contribution < -0.4 is 5.32 Å². The lowest BCUT2D eigenvalue weighted by Crippen LogP contribution is -2.60. The molecule has 1 spiro atoms. The number of aliphatic hydroxyl groups is 1. The smallest absolute Gasteiger partial charge is 0.313 e. The van der Waals surface area contributed by atoms with Gasteiger partial charge in [-0.25, -0.2) is 0 Å². The lowest BCUT2D eigenvalue weighted by molar-refractivity contribution is -0.163. The first kappa shape index (κ1) is 38.2. The number of ether oxygens (including phenoxy) is 3. The lowest BCUT2D eigenvalue weighted by atomic mass is 9.70. The third-order valence-corrected chi connectivity index (χ3v) is 11.8. The molecule has 1 aliphatic carbocycles. The van der Waals surface area contributed by atoms with Crippen molar-refractivity contribution in [3.05, 3.63) is 61.2 Å². The summed E-state index contributed by atoms with van der Waals surface area (Å²) in [6.45, 7) is 9.53. The number of likely N-dealkylation sites (tertiary alicyclic amines) is 1. The first-order valence-electron chi connectivity index (χ1n) is 18.0. The molecular formula is C38H52BrN3O8. The molecule has 5 rings (SSSR count). The number of halogens is 1. The average molecular weight is 759 g/mol. The van der Waals surface area contributed by atoms with Gasteiger partial charge in [0, 0.05) is 30.9 Å². The van der Waals surface area contributed by atoms with Gasteiger partial charge < -0.3 is 34.4 Å². The maximum Gasteiger partial charge on any atom is 0.313 e. The van der Waals surface area contributed by atoms with E-state index in [0.717, 1.165) is 32.1 Å². The van der Waals surface area contributed by atoms with E-state index in [2.05, 4.69) is 34.4 Å². The van der Waals surface area contributed by atoms with Crippen molar-refractivity contribution in [2.24, 2.45) is 11.8 Å². The average Bonchev–Trinajstić information content (AvgIpc) is 3.72. The second kappa shape index (κ2) is 17.0. The molecule has 3 amide bonds. The highest BCUT2D eigenvalue weighted by Gasteiger charge is 2.77. The predicted octanol–water partition coefficient (Wildman–Crippen LogP) is 4.23. The zero-order valence-electron chi connectivity index (χ0n) is 29.2. The van der Waals surface area contributed by atoms with Crippen molar-refractivity contribution >= 4 is 39.6 Å². The van der Waals surface area contributed by atoms with Gasteiger partial charge in [0.15, 0.2) is 0 Å². The zero-order chi connectivity index (χ0) is 36.0. The third kappa shape index (κ3) is 7.31. The van der Waals surface area contributed by atoms with Crippen molar-refractivity contribution in [1.82, 2.24) is 15.1 Å². The first-order chi connectivity index (χ1) is 24.2. The van der Waals surface area contributed by atoms with E-state index >= 15 is 0 Å². The summed E-state index contributed by atoms with van der Waals surface area (Å²) in [5.41, 5.74) is -0.659. The second-order valence-electron chi connectivity index (χ2n) is 13.9. The van der Waals surface area contributed by atoms with E-state index in [4.69, 9.17) is 14.2 Å². The van der Waals surface area contributed by atoms with Gasteiger partial charge in [-0.15, -0.1) is 13.2 Å². The molecule has 4 aliphatic rings. The Kier molecular flexibility index (Phi) is 13.0. The minimum atomic E-state index is -1.31. The molecule has 3 aliphatic heterocycles. The summed E-state index contributed by atoms with van der Waals surface area (Å²) in [6, 6.07) is 6.70. The molecule has 1 aromatic carbocycles. The number of hydrogen-bond acceptors (Lipinski definition) is 8. The Morgan fingerprint density at radius 1 is 1.18 bits per heavy atom. The molecule has 0 aromatic heterocycles. The van der Waals surface area contributed by atoms with Crippen molar-refractivity contribution < 1.29 is 38.5 Å². The molecule has 3 heterocycles. The van der Waals surface area contributed by atoms with Crippen LogP contribution in [0.25, 0.3) is 0 Å². The van der Waals surface area contributed by atoms with Crippen LogP contribution in [-0.4, -0.2) is 106 Å². The summed E-state index contributed by atoms with van der Waals surface area (Å²) >= 11 is 3.75. The predicted molar refractivity (Wildman–Crippen MR) is 191 cm³/mol. The summed E-state index contributed by atoms with van der Waals surface area (Å²) in [6.07, 6.45) is 8.00. The Balaban J connectivity index is 1.52. The van der Waals surface area contributed by atoms with Crippen LogP contribution in [0.2, 0.25) is 0 Å². The SMILES string of the molecule is C=CCCC(=O)N[C@@H](COC)[C@@H](OC(=O)[C@H]1[C@@H]2O[C@@]3(CC2Br)[C@@H]1C(=O)N([C@@H](CC)CO)[C@@H]3C(=O)N(CC=C)C1CCCCC1)c1ccccc1. The number of aliphatic hydroxyl groups excluding tert-OH is 1. The van der Waals surface area contributed by atoms with E-state index in [-0.39, 0.29) is 42.3 Å². The number of benzene rings is 1. The number of nitrogens with zero attached hydrogens (tertiary/aromatic N) is 2. The Labute approximate surface area is 303 Å². The van der Waals surface area contributed by atoms with Gasteiger partial charge in [-0.2, -0.15) is 0 Å². The normalized spacial score (nSPS) is 29.2. The number of alkyl halides is 1. The molecule has 11 nitrogen and oxygen atoms in total. The van der Waals surface area contributed by atoms with Gasteiger partial charge in [0.2, 0.25) is 17.7 Å². The van der Waals surface area contributed by atoms with Gasteiger partial charge in [-0.3, -0.25) is 19.2 Å². The highest BCUT2D eigenvalue weighted by molar-refractivity contribution is 9.09. The number of rotatable bonds is 17. The number of allylic oxidation sites excluding steroid dienone is 1. The van der Waals surface area contributed by atoms with Gasteiger partial charge in [0.05, 0.1) is 43.2 Å². The van der Waals surface area contributed by atoms with Gasteiger partial charge in [0.1, 0.15) is 17.7 Å². The summed E-state index contributed by atoms with van der Waals surface area (Å²) in [7, 11) is 1.51. The zero-order valence-corrected chi connectivity index (χ0v) is 30.8. The minimum Gasteiger partial charge on any atom is -0.455 e. The summed E-state index contributed by atoms with van der Waals surface area (Å²) in [4.78, 5) is 60.0. The molecule has 274 valence electrons. The molecule has 1 unspecified atom stereocenters. The van der Waals surface area contributed by atoms with Crippen LogP contribution in [-0.2, 0) is 33.4 Å². The lowest BCUT2D eigenvalue weighted by Gasteiger charge is -2.42.